The number of nitrogens with zero attached hydrogens (tertiary/aromatic N) is 2. The SMILES string of the molecule is O=C([C@H]1Cc2ccccc2CN1)N1CCN(c2ccccc2Cl)C(=O)C1. The molecule has 2 aliphatic rings. The van der Waals surface area contributed by atoms with Gasteiger partial charge in [0.1, 0.15) is 6.54 Å². The summed E-state index contributed by atoms with van der Waals surface area (Å²) >= 11 is 6.21. The maximum atomic E-state index is 12.9. The monoisotopic (exact) mass is 369 g/mol. The zero-order valence-corrected chi connectivity index (χ0v) is 15.1. The average Bonchev–Trinajstić information content (AvgIpc) is 2.67. The van der Waals surface area contributed by atoms with Gasteiger partial charge in [-0.1, -0.05) is 48.0 Å². The van der Waals surface area contributed by atoms with Gasteiger partial charge in [0, 0.05) is 19.6 Å². The summed E-state index contributed by atoms with van der Waals surface area (Å²) in [5, 5.41) is 3.85. The number of rotatable bonds is 2. The van der Waals surface area contributed by atoms with E-state index < -0.39 is 0 Å². The lowest BCUT2D eigenvalue weighted by atomic mass is 9.95. The standard InChI is InChI=1S/C20H20ClN3O2/c21-16-7-3-4-8-18(16)24-10-9-23(13-19(24)25)20(26)17-11-14-5-1-2-6-15(14)12-22-17/h1-8,17,22H,9-13H2/t17-/m1/s1. The average molecular weight is 370 g/mol. The fraction of sp³-hybridized carbons (Fsp3) is 0.300. The molecule has 0 bridgehead atoms. The van der Waals surface area contributed by atoms with Crippen molar-refractivity contribution in [3.63, 3.8) is 0 Å². The minimum atomic E-state index is -0.274. The number of fused-ring (bicyclic) bond motifs is 1. The number of amides is 2. The van der Waals surface area contributed by atoms with Crippen LogP contribution in [-0.4, -0.2) is 42.4 Å². The van der Waals surface area contributed by atoms with Crippen LogP contribution in [0.5, 0.6) is 0 Å². The Morgan fingerprint density at radius 1 is 1.04 bits per heavy atom. The molecule has 0 aliphatic carbocycles. The highest BCUT2D eigenvalue weighted by Gasteiger charge is 2.33. The zero-order chi connectivity index (χ0) is 18.1. The molecule has 0 saturated carbocycles. The summed E-state index contributed by atoms with van der Waals surface area (Å²) < 4.78 is 0. The fourth-order valence-corrected chi connectivity index (χ4v) is 3.87. The molecule has 4 rings (SSSR count). The van der Waals surface area contributed by atoms with Crippen molar-refractivity contribution >= 4 is 29.1 Å². The van der Waals surface area contributed by atoms with E-state index in [0.29, 0.717) is 36.8 Å². The van der Waals surface area contributed by atoms with Crippen LogP contribution in [-0.2, 0) is 22.6 Å². The van der Waals surface area contributed by atoms with E-state index in [9.17, 15) is 9.59 Å². The van der Waals surface area contributed by atoms with E-state index in [1.807, 2.05) is 30.3 Å². The minimum absolute atomic E-state index is 0.00772. The lowest BCUT2D eigenvalue weighted by Crippen LogP contribution is -2.57. The molecule has 5 nitrogen and oxygen atoms in total. The quantitative estimate of drug-likeness (QED) is 0.883. The Labute approximate surface area is 157 Å². The molecule has 0 unspecified atom stereocenters. The van der Waals surface area contributed by atoms with Gasteiger partial charge in [0.2, 0.25) is 11.8 Å². The molecular formula is C20H20ClN3O2. The van der Waals surface area contributed by atoms with Gasteiger partial charge in [-0.15, -0.1) is 0 Å². The van der Waals surface area contributed by atoms with Gasteiger partial charge in [-0.25, -0.2) is 0 Å². The molecule has 26 heavy (non-hydrogen) atoms. The number of para-hydroxylation sites is 1. The number of hydrogen-bond acceptors (Lipinski definition) is 3. The third-order valence-electron chi connectivity index (χ3n) is 5.06. The second-order valence-electron chi connectivity index (χ2n) is 6.66. The van der Waals surface area contributed by atoms with Gasteiger partial charge in [0.05, 0.1) is 16.8 Å². The molecule has 1 fully saturated rings. The van der Waals surface area contributed by atoms with E-state index >= 15 is 0 Å². The zero-order valence-electron chi connectivity index (χ0n) is 14.3. The Hall–Kier alpha value is -2.37. The molecule has 2 heterocycles. The second-order valence-corrected chi connectivity index (χ2v) is 7.07. The Morgan fingerprint density at radius 3 is 2.54 bits per heavy atom. The van der Waals surface area contributed by atoms with Crippen LogP contribution in [0.2, 0.25) is 5.02 Å². The van der Waals surface area contributed by atoms with Crippen molar-refractivity contribution in [2.45, 2.75) is 19.0 Å². The van der Waals surface area contributed by atoms with E-state index in [-0.39, 0.29) is 24.4 Å². The molecular weight excluding hydrogens is 350 g/mol. The van der Waals surface area contributed by atoms with E-state index in [4.69, 9.17) is 11.6 Å². The fourth-order valence-electron chi connectivity index (χ4n) is 3.64. The Kier molecular flexibility index (Phi) is 4.66. The van der Waals surface area contributed by atoms with Crippen LogP contribution in [0.4, 0.5) is 5.69 Å². The largest absolute Gasteiger partial charge is 0.330 e. The highest BCUT2D eigenvalue weighted by Crippen LogP contribution is 2.27. The van der Waals surface area contributed by atoms with Crippen LogP contribution in [0, 0.1) is 0 Å². The molecule has 1 saturated heterocycles. The predicted molar refractivity (Wildman–Crippen MR) is 101 cm³/mol. The van der Waals surface area contributed by atoms with Gasteiger partial charge >= 0.3 is 0 Å². The van der Waals surface area contributed by atoms with E-state index in [1.54, 1.807) is 15.9 Å². The van der Waals surface area contributed by atoms with E-state index in [2.05, 4.69) is 17.4 Å². The van der Waals surface area contributed by atoms with Crippen LogP contribution in [0.3, 0.4) is 0 Å². The number of nitrogens with one attached hydrogen (secondary N) is 1. The maximum absolute atomic E-state index is 12.9. The lowest BCUT2D eigenvalue weighted by Gasteiger charge is -2.37. The third-order valence-corrected chi connectivity index (χ3v) is 5.37. The molecule has 134 valence electrons. The molecule has 2 aliphatic heterocycles. The minimum Gasteiger partial charge on any atom is -0.330 e. The number of benzene rings is 2. The van der Waals surface area contributed by atoms with Crippen molar-refractivity contribution in [3.05, 3.63) is 64.7 Å². The molecule has 0 aromatic heterocycles. The predicted octanol–water partition coefficient (Wildman–Crippen LogP) is 2.23. The highest BCUT2D eigenvalue weighted by atomic mass is 35.5. The van der Waals surface area contributed by atoms with Crippen LogP contribution in [0.15, 0.2) is 48.5 Å². The van der Waals surface area contributed by atoms with E-state index in [0.717, 1.165) is 0 Å². The van der Waals surface area contributed by atoms with Crippen LogP contribution < -0.4 is 10.2 Å². The molecule has 6 heteroatoms. The first-order valence-corrected chi connectivity index (χ1v) is 9.15. The van der Waals surface area contributed by atoms with Gasteiger partial charge in [0.15, 0.2) is 0 Å². The van der Waals surface area contributed by atoms with Crippen molar-refractivity contribution < 1.29 is 9.59 Å². The summed E-state index contributed by atoms with van der Waals surface area (Å²) in [6, 6.07) is 15.2. The number of piperazine rings is 1. The first-order valence-electron chi connectivity index (χ1n) is 8.77. The van der Waals surface area contributed by atoms with Gasteiger partial charge in [-0.3, -0.25) is 9.59 Å². The summed E-state index contributed by atoms with van der Waals surface area (Å²) in [6.45, 7) is 1.73. The summed E-state index contributed by atoms with van der Waals surface area (Å²) in [4.78, 5) is 28.8. The topological polar surface area (TPSA) is 52.7 Å². The summed E-state index contributed by atoms with van der Waals surface area (Å²) in [7, 11) is 0. The normalized spacial score (nSPS) is 20.0. The van der Waals surface area contributed by atoms with Crippen LogP contribution in [0.1, 0.15) is 11.1 Å². The van der Waals surface area contributed by atoms with Gasteiger partial charge in [-0.05, 0) is 29.7 Å². The number of halogens is 1. The molecule has 2 aromatic rings. The molecule has 2 amide bonds. The Bertz CT molecular complexity index is 854. The Morgan fingerprint density at radius 2 is 1.77 bits per heavy atom. The van der Waals surface area contributed by atoms with Crippen LogP contribution in [0.25, 0.3) is 0 Å². The van der Waals surface area contributed by atoms with Gasteiger partial charge in [0.25, 0.3) is 0 Å². The number of carbonyl (C=O) groups is 2. The Balaban J connectivity index is 1.44. The molecule has 2 aromatic carbocycles. The lowest BCUT2D eigenvalue weighted by molar-refractivity contribution is -0.138. The number of carbonyl (C=O) groups excluding carboxylic acids is 2. The second kappa shape index (κ2) is 7.09. The third kappa shape index (κ3) is 3.20. The van der Waals surface area contributed by atoms with Crippen molar-refractivity contribution in [1.29, 1.82) is 0 Å². The summed E-state index contributed by atoms with van der Waals surface area (Å²) in [6.07, 6.45) is 0.661. The van der Waals surface area contributed by atoms with Gasteiger partial charge < -0.3 is 15.1 Å². The summed E-state index contributed by atoms with van der Waals surface area (Å²) in [5.74, 6) is -0.111. The molecule has 0 spiro atoms. The smallest absolute Gasteiger partial charge is 0.246 e. The van der Waals surface area contributed by atoms with Crippen molar-refractivity contribution in [2.75, 3.05) is 24.5 Å². The van der Waals surface area contributed by atoms with Crippen molar-refractivity contribution in [2.24, 2.45) is 0 Å². The molecule has 1 atom stereocenters. The summed E-state index contributed by atoms with van der Waals surface area (Å²) in [5.41, 5.74) is 3.14. The number of anilines is 1. The highest BCUT2D eigenvalue weighted by molar-refractivity contribution is 6.33. The molecule has 0 radical (unpaired) electrons. The van der Waals surface area contributed by atoms with Crippen molar-refractivity contribution in [3.8, 4) is 0 Å². The van der Waals surface area contributed by atoms with Gasteiger partial charge in [-0.2, -0.15) is 0 Å². The van der Waals surface area contributed by atoms with Crippen molar-refractivity contribution in [1.82, 2.24) is 10.2 Å². The van der Waals surface area contributed by atoms with Crippen LogP contribution >= 0.6 is 11.6 Å². The maximum Gasteiger partial charge on any atom is 0.246 e. The van der Waals surface area contributed by atoms with E-state index in [1.165, 1.54) is 11.1 Å². The first-order chi connectivity index (χ1) is 12.6. The number of hydrogen-bond donors (Lipinski definition) is 1. The first kappa shape index (κ1) is 17.1. The molecule has 1 N–H and O–H groups in total.